The average molecular weight is 212 g/mol. The molecule has 0 aromatic rings. The maximum atomic E-state index is 5.68. The van der Waals surface area contributed by atoms with E-state index in [9.17, 15) is 0 Å². The van der Waals surface area contributed by atoms with Gasteiger partial charge in [0.05, 0.1) is 6.10 Å². The smallest absolute Gasteiger partial charge is 0.0599 e. The third kappa shape index (κ3) is 3.16. The summed E-state index contributed by atoms with van der Waals surface area (Å²) in [6, 6.07) is 0.793. The van der Waals surface area contributed by atoms with E-state index in [-0.39, 0.29) is 0 Å². The molecule has 0 bridgehead atoms. The molecule has 3 nitrogen and oxygen atoms in total. The van der Waals surface area contributed by atoms with Crippen molar-refractivity contribution in [2.75, 3.05) is 32.8 Å². The van der Waals surface area contributed by atoms with Crippen LogP contribution in [0.15, 0.2) is 0 Å². The largest absolute Gasteiger partial charge is 0.378 e. The molecule has 2 saturated heterocycles. The second-order valence-corrected chi connectivity index (χ2v) is 4.69. The van der Waals surface area contributed by atoms with Crippen LogP contribution in [0.3, 0.4) is 0 Å². The van der Waals surface area contributed by atoms with Gasteiger partial charge in [0, 0.05) is 32.3 Å². The highest BCUT2D eigenvalue weighted by Gasteiger charge is 2.25. The number of rotatable bonds is 3. The van der Waals surface area contributed by atoms with E-state index in [4.69, 9.17) is 4.74 Å². The molecular formula is C12H24N2O. The molecule has 2 heterocycles. The van der Waals surface area contributed by atoms with Crippen LogP contribution in [0.1, 0.15) is 32.6 Å². The number of hydrogen-bond acceptors (Lipinski definition) is 3. The molecule has 2 rings (SSSR count). The van der Waals surface area contributed by atoms with Gasteiger partial charge in [0.15, 0.2) is 0 Å². The van der Waals surface area contributed by atoms with E-state index >= 15 is 0 Å². The maximum absolute atomic E-state index is 5.68. The highest BCUT2D eigenvalue weighted by atomic mass is 16.5. The van der Waals surface area contributed by atoms with Crippen LogP contribution in [0.2, 0.25) is 0 Å². The highest BCUT2D eigenvalue weighted by Crippen LogP contribution is 2.19. The van der Waals surface area contributed by atoms with Crippen LogP contribution >= 0.6 is 0 Å². The molecule has 15 heavy (non-hydrogen) atoms. The summed E-state index contributed by atoms with van der Waals surface area (Å²) in [7, 11) is 0. The molecule has 0 spiro atoms. The zero-order valence-corrected chi connectivity index (χ0v) is 9.87. The quantitative estimate of drug-likeness (QED) is 0.762. The molecule has 1 N–H and O–H groups in total. The Kier molecular flexibility index (Phi) is 4.42. The van der Waals surface area contributed by atoms with Gasteiger partial charge in [-0.05, 0) is 39.2 Å². The number of nitrogens with zero attached hydrogens (tertiary/aromatic N) is 1. The van der Waals surface area contributed by atoms with Crippen molar-refractivity contribution >= 4 is 0 Å². The van der Waals surface area contributed by atoms with Gasteiger partial charge in [-0.1, -0.05) is 0 Å². The Balaban J connectivity index is 1.72. The highest BCUT2D eigenvalue weighted by molar-refractivity contribution is 4.82. The average Bonchev–Trinajstić information content (AvgIpc) is 2.32. The monoisotopic (exact) mass is 212 g/mol. The van der Waals surface area contributed by atoms with Gasteiger partial charge >= 0.3 is 0 Å². The van der Waals surface area contributed by atoms with Crippen molar-refractivity contribution in [2.45, 2.75) is 44.8 Å². The van der Waals surface area contributed by atoms with E-state index in [1.165, 1.54) is 51.9 Å². The van der Waals surface area contributed by atoms with Crippen LogP contribution in [0, 0.1) is 0 Å². The summed E-state index contributed by atoms with van der Waals surface area (Å²) in [6.45, 7) is 7.84. The number of nitrogens with one attached hydrogen (secondary N) is 1. The molecule has 0 aromatic heterocycles. The van der Waals surface area contributed by atoms with Crippen LogP contribution in [0.25, 0.3) is 0 Å². The normalized spacial score (nSPS) is 30.6. The predicted octanol–water partition coefficient (Wildman–Crippen LogP) is 1.24. The molecule has 0 radical (unpaired) electrons. The van der Waals surface area contributed by atoms with Crippen LogP contribution in [-0.2, 0) is 4.74 Å². The van der Waals surface area contributed by atoms with Crippen molar-refractivity contribution < 1.29 is 4.74 Å². The maximum Gasteiger partial charge on any atom is 0.0599 e. The van der Waals surface area contributed by atoms with Gasteiger partial charge in [-0.3, -0.25) is 4.90 Å². The minimum atomic E-state index is 0.530. The summed E-state index contributed by atoms with van der Waals surface area (Å²) >= 11 is 0. The van der Waals surface area contributed by atoms with E-state index in [1.807, 2.05) is 0 Å². The molecule has 1 unspecified atom stereocenters. The molecule has 88 valence electrons. The van der Waals surface area contributed by atoms with Gasteiger partial charge in [-0.15, -0.1) is 0 Å². The fourth-order valence-corrected chi connectivity index (χ4v) is 2.79. The van der Waals surface area contributed by atoms with Crippen LogP contribution < -0.4 is 5.32 Å². The molecule has 0 aliphatic carbocycles. The first-order chi connectivity index (χ1) is 7.40. The Morgan fingerprint density at radius 2 is 2.07 bits per heavy atom. The Labute approximate surface area is 93.2 Å². The third-order valence-electron chi connectivity index (χ3n) is 3.67. The molecule has 0 saturated carbocycles. The van der Waals surface area contributed by atoms with Crippen molar-refractivity contribution in [3.05, 3.63) is 0 Å². The van der Waals surface area contributed by atoms with E-state index in [0.717, 1.165) is 12.6 Å². The lowest BCUT2D eigenvalue weighted by Gasteiger charge is -2.39. The second kappa shape index (κ2) is 5.83. The zero-order valence-electron chi connectivity index (χ0n) is 9.87. The minimum Gasteiger partial charge on any atom is -0.378 e. The Morgan fingerprint density at radius 1 is 1.27 bits per heavy atom. The van der Waals surface area contributed by atoms with Crippen molar-refractivity contribution in [1.29, 1.82) is 0 Å². The number of hydrogen-bond donors (Lipinski definition) is 1. The zero-order chi connectivity index (χ0) is 10.5. The van der Waals surface area contributed by atoms with Gasteiger partial charge < -0.3 is 10.1 Å². The Morgan fingerprint density at radius 3 is 2.67 bits per heavy atom. The molecule has 2 aliphatic rings. The summed E-state index contributed by atoms with van der Waals surface area (Å²) in [5.74, 6) is 0. The van der Waals surface area contributed by atoms with Crippen molar-refractivity contribution in [2.24, 2.45) is 0 Å². The van der Waals surface area contributed by atoms with Gasteiger partial charge in [0.2, 0.25) is 0 Å². The summed E-state index contributed by atoms with van der Waals surface area (Å²) in [5, 5.41) is 3.50. The van der Waals surface area contributed by atoms with Crippen LogP contribution in [0.5, 0.6) is 0 Å². The predicted molar refractivity (Wildman–Crippen MR) is 62.1 cm³/mol. The topological polar surface area (TPSA) is 24.5 Å². The standard InChI is InChI=1S/C12H24N2O/c1-2-15-12-5-8-14(9-6-12)11-4-3-7-13-10-11/h11-13H,2-10H2,1H3. The van der Waals surface area contributed by atoms with Crippen molar-refractivity contribution in [1.82, 2.24) is 10.2 Å². The van der Waals surface area contributed by atoms with E-state index in [0.29, 0.717) is 6.10 Å². The number of likely N-dealkylation sites (tertiary alicyclic amines) is 1. The lowest BCUT2D eigenvalue weighted by molar-refractivity contribution is 0.00133. The van der Waals surface area contributed by atoms with Gasteiger partial charge in [0.1, 0.15) is 0 Å². The molecular weight excluding hydrogens is 188 g/mol. The van der Waals surface area contributed by atoms with E-state index < -0.39 is 0 Å². The van der Waals surface area contributed by atoms with Crippen LogP contribution in [0.4, 0.5) is 0 Å². The Hall–Kier alpha value is -0.120. The van der Waals surface area contributed by atoms with Crippen molar-refractivity contribution in [3.63, 3.8) is 0 Å². The first kappa shape index (κ1) is 11.4. The van der Waals surface area contributed by atoms with Crippen molar-refractivity contribution in [3.8, 4) is 0 Å². The van der Waals surface area contributed by atoms with E-state index in [1.54, 1.807) is 0 Å². The summed E-state index contributed by atoms with van der Waals surface area (Å²) < 4.78 is 5.68. The molecule has 1 atom stereocenters. The van der Waals surface area contributed by atoms with Crippen LogP contribution in [-0.4, -0.2) is 49.8 Å². The number of piperidine rings is 2. The summed E-state index contributed by atoms with van der Waals surface area (Å²) in [6.07, 6.45) is 5.71. The molecule has 2 fully saturated rings. The number of ether oxygens (including phenoxy) is 1. The first-order valence-electron chi connectivity index (χ1n) is 6.46. The summed E-state index contributed by atoms with van der Waals surface area (Å²) in [4.78, 5) is 2.65. The third-order valence-corrected chi connectivity index (χ3v) is 3.67. The lowest BCUT2D eigenvalue weighted by Crippen LogP contribution is -2.49. The fraction of sp³-hybridized carbons (Fsp3) is 1.00. The van der Waals surface area contributed by atoms with Gasteiger partial charge in [0.25, 0.3) is 0 Å². The molecule has 2 aliphatic heterocycles. The Bertz CT molecular complexity index is 172. The second-order valence-electron chi connectivity index (χ2n) is 4.69. The SMILES string of the molecule is CCOC1CCN(C2CCCNC2)CC1. The van der Waals surface area contributed by atoms with Gasteiger partial charge in [-0.2, -0.15) is 0 Å². The molecule has 0 amide bonds. The molecule has 0 aromatic carbocycles. The summed E-state index contributed by atoms with van der Waals surface area (Å²) in [5.41, 5.74) is 0. The van der Waals surface area contributed by atoms with E-state index in [2.05, 4.69) is 17.1 Å². The minimum absolute atomic E-state index is 0.530. The first-order valence-corrected chi connectivity index (χ1v) is 6.46. The van der Waals surface area contributed by atoms with Gasteiger partial charge in [-0.25, -0.2) is 0 Å². The molecule has 3 heteroatoms. The lowest BCUT2D eigenvalue weighted by atomic mass is 10.0. The fourth-order valence-electron chi connectivity index (χ4n) is 2.79.